The van der Waals surface area contributed by atoms with Gasteiger partial charge < -0.3 is 14.6 Å². The molecule has 5 nitrogen and oxygen atoms in total. The zero-order valence-electron chi connectivity index (χ0n) is 12.8. The lowest BCUT2D eigenvalue weighted by Gasteiger charge is -2.13. The molecule has 1 N–H and O–H groups in total. The van der Waals surface area contributed by atoms with Crippen LogP contribution in [0.2, 0.25) is 0 Å². The molecule has 0 fully saturated rings. The summed E-state index contributed by atoms with van der Waals surface area (Å²) in [6, 6.07) is 13.2. The lowest BCUT2D eigenvalue weighted by Crippen LogP contribution is -2.11. The molecular formula is C18H18O5. The molecule has 2 aromatic rings. The van der Waals surface area contributed by atoms with Crippen molar-refractivity contribution >= 4 is 12.3 Å². The van der Waals surface area contributed by atoms with Gasteiger partial charge in [-0.05, 0) is 30.0 Å². The molecule has 5 heteroatoms. The maximum Gasteiger partial charge on any atom is 0.341 e. The first kappa shape index (κ1) is 16.5. The minimum Gasteiger partial charge on any atom is -0.497 e. The van der Waals surface area contributed by atoms with Crippen LogP contribution in [0.5, 0.6) is 11.5 Å². The van der Waals surface area contributed by atoms with Gasteiger partial charge in [-0.2, -0.15) is 0 Å². The lowest BCUT2D eigenvalue weighted by molar-refractivity contribution is -0.139. The van der Waals surface area contributed by atoms with Gasteiger partial charge in [0.25, 0.3) is 0 Å². The number of carbonyl (C=O) groups is 2. The molecule has 0 aromatic heterocycles. The van der Waals surface area contributed by atoms with E-state index in [0.717, 1.165) is 17.5 Å². The number of rotatable bonds is 8. The minimum atomic E-state index is -1.10. The first-order valence-corrected chi connectivity index (χ1v) is 7.18. The predicted molar refractivity (Wildman–Crippen MR) is 85.4 cm³/mol. The summed E-state index contributed by atoms with van der Waals surface area (Å²) in [5.41, 5.74) is 2.28. The fourth-order valence-electron chi connectivity index (χ4n) is 2.30. The second-order valence-corrected chi connectivity index (χ2v) is 4.98. The highest BCUT2D eigenvalue weighted by Crippen LogP contribution is 2.28. The minimum absolute atomic E-state index is 0.227. The van der Waals surface area contributed by atoms with Crippen molar-refractivity contribution in [3.63, 3.8) is 0 Å². The molecule has 2 aromatic carbocycles. The summed E-state index contributed by atoms with van der Waals surface area (Å²) in [4.78, 5) is 22.1. The zero-order chi connectivity index (χ0) is 16.7. The quantitative estimate of drug-likeness (QED) is 0.759. The topological polar surface area (TPSA) is 72.8 Å². The maximum atomic E-state index is 11.4. The third-order valence-electron chi connectivity index (χ3n) is 3.43. The Balaban J connectivity index is 2.27. The molecule has 120 valence electrons. The molecule has 0 amide bonds. The van der Waals surface area contributed by atoms with E-state index < -0.39 is 12.6 Å². The van der Waals surface area contributed by atoms with Crippen molar-refractivity contribution in [3.05, 3.63) is 59.2 Å². The molecular weight excluding hydrogens is 296 g/mol. The summed E-state index contributed by atoms with van der Waals surface area (Å²) in [5, 5.41) is 8.74. The van der Waals surface area contributed by atoms with E-state index in [1.807, 2.05) is 30.3 Å². The van der Waals surface area contributed by atoms with Crippen LogP contribution in [0.15, 0.2) is 42.5 Å². The summed E-state index contributed by atoms with van der Waals surface area (Å²) in [6.07, 6.45) is 2.07. The first-order chi connectivity index (χ1) is 11.1. The molecule has 0 spiro atoms. The Morgan fingerprint density at radius 2 is 1.91 bits per heavy atom. The Labute approximate surface area is 134 Å². The van der Waals surface area contributed by atoms with Gasteiger partial charge in [0.15, 0.2) is 12.9 Å². The smallest absolute Gasteiger partial charge is 0.341 e. The van der Waals surface area contributed by atoms with Gasteiger partial charge >= 0.3 is 5.97 Å². The molecule has 23 heavy (non-hydrogen) atoms. The average molecular weight is 314 g/mol. The van der Waals surface area contributed by atoms with Gasteiger partial charge in [0.1, 0.15) is 11.5 Å². The molecule has 0 bridgehead atoms. The Bertz CT molecular complexity index is 679. The summed E-state index contributed by atoms with van der Waals surface area (Å²) in [7, 11) is 1.51. The summed E-state index contributed by atoms with van der Waals surface area (Å²) in [5.74, 6) is -0.348. The van der Waals surface area contributed by atoms with Crippen molar-refractivity contribution in [2.45, 2.75) is 12.8 Å². The number of carboxylic acids is 1. The number of hydrogen-bond donors (Lipinski definition) is 1. The van der Waals surface area contributed by atoms with Crippen LogP contribution in [0.4, 0.5) is 0 Å². The van der Waals surface area contributed by atoms with Crippen LogP contribution >= 0.6 is 0 Å². The van der Waals surface area contributed by atoms with Crippen molar-refractivity contribution in [1.82, 2.24) is 0 Å². The van der Waals surface area contributed by atoms with E-state index in [-0.39, 0.29) is 5.75 Å². The van der Waals surface area contributed by atoms with Crippen LogP contribution in [-0.2, 0) is 17.6 Å². The Morgan fingerprint density at radius 1 is 1.17 bits per heavy atom. The van der Waals surface area contributed by atoms with Crippen LogP contribution in [0.1, 0.15) is 21.5 Å². The highest BCUT2D eigenvalue weighted by molar-refractivity contribution is 5.83. The van der Waals surface area contributed by atoms with E-state index in [4.69, 9.17) is 14.6 Å². The van der Waals surface area contributed by atoms with Gasteiger partial charge in [0.2, 0.25) is 0 Å². The van der Waals surface area contributed by atoms with E-state index in [0.29, 0.717) is 24.0 Å². The van der Waals surface area contributed by atoms with Crippen LogP contribution in [0, 0.1) is 0 Å². The van der Waals surface area contributed by atoms with E-state index in [1.54, 1.807) is 6.07 Å². The first-order valence-electron chi connectivity index (χ1n) is 7.18. The molecule has 0 aliphatic carbocycles. The predicted octanol–water partition coefficient (Wildman–Crippen LogP) is 2.76. The van der Waals surface area contributed by atoms with Crippen LogP contribution in [0.3, 0.4) is 0 Å². The normalized spacial score (nSPS) is 10.1. The molecule has 2 rings (SSSR count). The number of aliphatic carboxylic acids is 1. The molecule has 0 atom stereocenters. The van der Waals surface area contributed by atoms with Gasteiger partial charge in [0.05, 0.1) is 12.7 Å². The summed E-state index contributed by atoms with van der Waals surface area (Å²) in [6.45, 7) is -0.508. The van der Waals surface area contributed by atoms with Crippen LogP contribution in [0.25, 0.3) is 0 Å². The third-order valence-corrected chi connectivity index (χ3v) is 3.43. The monoisotopic (exact) mass is 314 g/mol. The largest absolute Gasteiger partial charge is 0.497 e. The third kappa shape index (κ3) is 4.57. The van der Waals surface area contributed by atoms with Gasteiger partial charge in [-0.15, -0.1) is 0 Å². The molecule has 0 aliphatic heterocycles. The van der Waals surface area contributed by atoms with Gasteiger partial charge in [-0.1, -0.05) is 30.3 Å². The summed E-state index contributed by atoms with van der Waals surface area (Å²) < 4.78 is 10.4. The van der Waals surface area contributed by atoms with Crippen LogP contribution < -0.4 is 9.47 Å². The van der Waals surface area contributed by atoms with Gasteiger partial charge in [-0.25, -0.2) is 4.79 Å². The number of aryl methyl sites for hydroxylation is 2. The lowest BCUT2D eigenvalue weighted by atomic mass is 9.99. The van der Waals surface area contributed by atoms with Crippen molar-refractivity contribution in [2.75, 3.05) is 13.7 Å². The molecule has 0 radical (unpaired) electrons. The fourth-order valence-corrected chi connectivity index (χ4v) is 2.30. The maximum absolute atomic E-state index is 11.4. The zero-order valence-corrected chi connectivity index (χ0v) is 12.8. The Hall–Kier alpha value is -2.82. The number of carboxylic acid groups (broad SMARTS) is 1. The van der Waals surface area contributed by atoms with E-state index in [2.05, 4.69) is 0 Å². The average Bonchev–Trinajstić information content (AvgIpc) is 2.58. The molecule has 0 saturated carbocycles. The van der Waals surface area contributed by atoms with Gasteiger partial charge in [-0.3, -0.25) is 4.79 Å². The second-order valence-electron chi connectivity index (χ2n) is 4.98. The SMILES string of the molecule is COc1cc(CCc2ccccc2)c(C=O)c(OCC(=O)O)c1. The number of aldehydes is 1. The van der Waals surface area contributed by atoms with Crippen molar-refractivity contribution in [2.24, 2.45) is 0 Å². The van der Waals surface area contributed by atoms with E-state index in [9.17, 15) is 9.59 Å². The number of benzene rings is 2. The number of ether oxygens (including phenoxy) is 2. The second kappa shape index (κ2) is 7.98. The molecule has 0 heterocycles. The fraction of sp³-hybridized carbons (Fsp3) is 0.222. The van der Waals surface area contributed by atoms with E-state index in [1.165, 1.54) is 13.2 Å². The van der Waals surface area contributed by atoms with Crippen LogP contribution in [-0.4, -0.2) is 31.1 Å². The van der Waals surface area contributed by atoms with E-state index >= 15 is 0 Å². The molecule has 0 aliphatic rings. The number of carbonyl (C=O) groups excluding carboxylic acids is 1. The van der Waals surface area contributed by atoms with Crippen molar-refractivity contribution in [1.29, 1.82) is 0 Å². The Morgan fingerprint density at radius 3 is 2.52 bits per heavy atom. The highest BCUT2D eigenvalue weighted by Gasteiger charge is 2.13. The molecule has 0 saturated heterocycles. The highest BCUT2D eigenvalue weighted by atomic mass is 16.5. The van der Waals surface area contributed by atoms with Crippen molar-refractivity contribution < 1.29 is 24.2 Å². The standard InChI is InChI=1S/C18H18O5/c1-22-15-9-14(8-7-13-5-3-2-4-6-13)16(11-19)17(10-15)23-12-18(20)21/h2-6,9-11H,7-8,12H2,1H3,(H,20,21). The molecule has 0 unspecified atom stereocenters. The van der Waals surface area contributed by atoms with Gasteiger partial charge in [0, 0.05) is 6.07 Å². The summed E-state index contributed by atoms with van der Waals surface area (Å²) >= 11 is 0. The van der Waals surface area contributed by atoms with Crippen molar-refractivity contribution in [3.8, 4) is 11.5 Å². The number of methoxy groups -OCH3 is 1. The Kier molecular flexibility index (Phi) is 5.74. The number of hydrogen-bond acceptors (Lipinski definition) is 4.